The van der Waals surface area contributed by atoms with Gasteiger partial charge in [-0.2, -0.15) is 0 Å². The van der Waals surface area contributed by atoms with E-state index in [-0.39, 0.29) is 12.5 Å². The standard InChI is InChI=1S/C13H14Cl2N2O3/c1-17-11(7-20-13(17)19)12(18)16-5-4-8-2-3-9(14)6-10(8)15/h2-3,6,11H,4-5,7H2,1H3,(H,16,18). The van der Waals surface area contributed by atoms with E-state index in [4.69, 9.17) is 27.9 Å². The Kier molecular flexibility index (Phi) is 4.73. The minimum atomic E-state index is -0.566. The number of likely N-dealkylation sites (N-methyl/N-ethyl adjacent to an activating group) is 1. The van der Waals surface area contributed by atoms with Crippen LogP contribution in [-0.2, 0) is 16.0 Å². The van der Waals surface area contributed by atoms with Gasteiger partial charge in [-0.3, -0.25) is 9.69 Å². The van der Waals surface area contributed by atoms with Crippen LogP contribution in [-0.4, -0.2) is 43.1 Å². The average Bonchev–Trinajstić information content (AvgIpc) is 2.72. The van der Waals surface area contributed by atoms with Gasteiger partial charge in [0.15, 0.2) is 0 Å². The highest BCUT2D eigenvalue weighted by molar-refractivity contribution is 6.35. The molecule has 0 aromatic heterocycles. The Bertz CT molecular complexity index is 536. The van der Waals surface area contributed by atoms with E-state index in [0.29, 0.717) is 23.0 Å². The molecule has 1 N–H and O–H groups in total. The third-order valence-electron chi connectivity index (χ3n) is 3.13. The maximum atomic E-state index is 11.9. The van der Waals surface area contributed by atoms with Crippen LogP contribution in [0.4, 0.5) is 4.79 Å². The molecule has 0 saturated carbocycles. The summed E-state index contributed by atoms with van der Waals surface area (Å²) in [6.45, 7) is 0.515. The molecule has 7 heteroatoms. The van der Waals surface area contributed by atoms with E-state index in [1.807, 2.05) is 6.07 Å². The highest BCUT2D eigenvalue weighted by Crippen LogP contribution is 2.21. The monoisotopic (exact) mass is 316 g/mol. The summed E-state index contributed by atoms with van der Waals surface area (Å²) >= 11 is 11.9. The highest BCUT2D eigenvalue weighted by Gasteiger charge is 2.34. The maximum Gasteiger partial charge on any atom is 0.410 e. The van der Waals surface area contributed by atoms with E-state index < -0.39 is 12.1 Å². The normalized spacial score (nSPS) is 18.1. The van der Waals surface area contributed by atoms with Crippen LogP contribution >= 0.6 is 23.2 Å². The summed E-state index contributed by atoms with van der Waals surface area (Å²) in [5.41, 5.74) is 0.906. The quantitative estimate of drug-likeness (QED) is 0.925. The second-order valence-corrected chi connectivity index (χ2v) is 5.32. The SMILES string of the molecule is CN1C(=O)OCC1C(=O)NCCc1ccc(Cl)cc1Cl. The first-order chi connectivity index (χ1) is 9.49. The fraction of sp³-hybridized carbons (Fsp3) is 0.385. The molecule has 20 heavy (non-hydrogen) atoms. The number of cyclic esters (lactones) is 1. The molecule has 0 spiro atoms. The van der Waals surface area contributed by atoms with Crippen LogP contribution in [0.2, 0.25) is 10.0 Å². The molecule has 108 valence electrons. The smallest absolute Gasteiger partial charge is 0.410 e. The van der Waals surface area contributed by atoms with E-state index in [9.17, 15) is 9.59 Å². The first-order valence-electron chi connectivity index (χ1n) is 6.10. The third-order valence-corrected chi connectivity index (χ3v) is 3.72. The molecule has 1 unspecified atom stereocenters. The number of benzene rings is 1. The molecule has 0 radical (unpaired) electrons. The van der Waals surface area contributed by atoms with E-state index in [2.05, 4.69) is 5.32 Å². The van der Waals surface area contributed by atoms with Crippen molar-refractivity contribution in [2.45, 2.75) is 12.5 Å². The summed E-state index contributed by atoms with van der Waals surface area (Å²) in [7, 11) is 1.54. The Labute approximate surface area is 126 Å². The minimum absolute atomic E-state index is 0.0862. The number of carbonyl (C=O) groups excluding carboxylic acids is 2. The van der Waals surface area contributed by atoms with Crippen LogP contribution in [0.3, 0.4) is 0 Å². The van der Waals surface area contributed by atoms with Crippen molar-refractivity contribution in [3.8, 4) is 0 Å². The molecule has 1 aliphatic heterocycles. The first-order valence-corrected chi connectivity index (χ1v) is 6.86. The van der Waals surface area contributed by atoms with Crippen LogP contribution in [0.1, 0.15) is 5.56 Å². The fourth-order valence-electron chi connectivity index (χ4n) is 1.91. The van der Waals surface area contributed by atoms with Gasteiger partial charge in [-0.1, -0.05) is 29.3 Å². The van der Waals surface area contributed by atoms with E-state index in [0.717, 1.165) is 5.56 Å². The van der Waals surface area contributed by atoms with Crippen LogP contribution in [0.5, 0.6) is 0 Å². The van der Waals surface area contributed by atoms with Gasteiger partial charge in [-0.05, 0) is 24.1 Å². The molecule has 2 amide bonds. The summed E-state index contributed by atoms with van der Waals surface area (Å²) in [5.74, 6) is -0.233. The molecule has 2 rings (SSSR count). The lowest BCUT2D eigenvalue weighted by Crippen LogP contribution is -2.44. The highest BCUT2D eigenvalue weighted by atomic mass is 35.5. The number of rotatable bonds is 4. The van der Waals surface area contributed by atoms with Gasteiger partial charge in [-0.15, -0.1) is 0 Å². The van der Waals surface area contributed by atoms with Crippen molar-refractivity contribution >= 4 is 35.2 Å². The second-order valence-electron chi connectivity index (χ2n) is 4.48. The fourth-order valence-corrected chi connectivity index (χ4v) is 2.41. The van der Waals surface area contributed by atoms with Gasteiger partial charge in [0.25, 0.3) is 0 Å². The van der Waals surface area contributed by atoms with Crippen molar-refractivity contribution in [1.82, 2.24) is 10.2 Å². The predicted molar refractivity (Wildman–Crippen MR) is 76.1 cm³/mol. The largest absolute Gasteiger partial charge is 0.447 e. The minimum Gasteiger partial charge on any atom is -0.447 e. The zero-order valence-electron chi connectivity index (χ0n) is 10.9. The van der Waals surface area contributed by atoms with Crippen molar-refractivity contribution < 1.29 is 14.3 Å². The Hall–Kier alpha value is -1.46. The number of nitrogens with one attached hydrogen (secondary N) is 1. The molecule has 0 aliphatic carbocycles. The second kappa shape index (κ2) is 6.33. The lowest BCUT2D eigenvalue weighted by Gasteiger charge is -2.15. The summed E-state index contributed by atoms with van der Waals surface area (Å²) in [4.78, 5) is 24.3. The Balaban J connectivity index is 1.84. The van der Waals surface area contributed by atoms with Gasteiger partial charge in [0.05, 0.1) is 0 Å². The summed E-state index contributed by atoms with van der Waals surface area (Å²) in [6.07, 6.45) is 0.110. The predicted octanol–water partition coefficient (Wildman–Crippen LogP) is 2.10. The van der Waals surface area contributed by atoms with Crippen molar-refractivity contribution in [2.75, 3.05) is 20.2 Å². The zero-order chi connectivity index (χ0) is 14.7. The molecule has 1 fully saturated rings. The van der Waals surface area contributed by atoms with Gasteiger partial charge in [0.1, 0.15) is 12.6 Å². The molecule has 1 heterocycles. The van der Waals surface area contributed by atoms with E-state index in [1.165, 1.54) is 11.9 Å². The van der Waals surface area contributed by atoms with Crippen LogP contribution < -0.4 is 5.32 Å². The van der Waals surface area contributed by atoms with Crippen molar-refractivity contribution in [3.05, 3.63) is 33.8 Å². The summed E-state index contributed by atoms with van der Waals surface area (Å²) < 4.78 is 4.79. The molecule has 1 aromatic carbocycles. The van der Waals surface area contributed by atoms with E-state index >= 15 is 0 Å². The Morgan fingerprint density at radius 2 is 2.25 bits per heavy atom. The molecule has 1 aromatic rings. The molecule has 1 saturated heterocycles. The molecule has 1 aliphatic rings. The van der Waals surface area contributed by atoms with Crippen LogP contribution in [0.25, 0.3) is 0 Å². The Morgan fingerprint density at radius 1 is 1.50 bits per heavy atom. The van der Waals surface area contributed by atoms with Crippen molar-refractivity contribution in [2.24, 2.45) is 0 Å². The number of carbonyl (C=O) groups is 2. The molecule has 1 atom stereocenters. The van der Waals surface area contributed by atoms with Gasteiger partial charge in [-0.25, -0.2) is 4.79 Å². The number of nitrogens with zero attached hydrogens (tertiary/aromatic N) is 1. The molecule has 0 bridgehead atoms. The summed E-state index contributed by atoms with van der Waals surface area (Å²) in [5, 5.41) is 3.91. The molecule has 5 nitrogen and oxygen atoms in total. The number of hydrogen-bond acceptors (Lipinski definition) is 3. The molecular formula is C13H14Cl2N2O3. The lowest BCUT2D eigenvalue weighted by molar-refractivity contribution is -0.124. The average molecular weight is 317 g/mol. The lowest BCUT2D eigenvalue weighted by atomic mass is 10.1. The topological polar surface area (TPSA) is 58.6 Å². The molecular weight excluding hydrogens is 303 g/mol. The van der Waals surface area contributed by atoms with Gasteiger partial charge >= 0.3 is 6.09 Å². The number of halogens is 2. The van der Waals surface area contributed by atoms with Gasteiger partial charge < -0.3 is 10.1 Å². The number of ether oxygens (including phenoxy) is 1. The Morgan fingerprint density at radius 3 is 2.85 bits per heavy atom. The first kappa shape index (κ1) is 14.9. The summed E-state index contributed by atoms with van der Waals surface area (Å²) in [6, 6.07) is 4.67. The van der Waals surface area contributed by atoms with Crippen LogP contribution in [0, 0.1) is 0 Å². The number of hydrogen-bond donors (Lipinski definition) is 1. The maximum absolute atomic E-state index is 11.9. The zero-order valence-corrected chi connectivity index (χ0v) is 12.4. The van der Waals surface area contributed by atoms with Gasteiger partial charge in [0, 0.05) is 23.6 Å². The van der Waals surface area contributed by atoms with Gasteiger partial charge in [0.2, 0.25) is 5.91 Å². The van der Waals surface area contributed by atoms with Crippen LogP contribution in [0.15, 0.2) is 18.2 Å². The van der Waals surface area contributed by atoms with E-state index in [1.54, 1.807) is 12.1 Å². The van der Waals surface area contributed by atoms with Crippen molar-refractivity contribution in [1.29, 1.82) is 0 Å². The van der Waals surface area contributed by atoms with Crippen molar-refractivity contribution in [3.63, 3.8) is 0 Å². The third kappa shape index (κ3) is 3.35. The number of amides is 2.